The molecule has 1 saturated heterocycles. The zero-order valence-electron chi connectivity index (χ0n) is 16.7. The van der Waals surface area contributed by atoms with Crippen molar-refractivity contribution in [2.24, 2.45) is 0 Å². The van der Waals surface area contributed by atoms with Gasteiger partial charge in [0.2, 0.25) is 0 Å². The molecule has 0 bridgehead atoms. The monoisotopic (exact) mass is 365 g/mol. The minimum atomic E-state index is 0.0855. The van der Waals surface area contributed by atoms with Crippen LogP contribution in [0.3, 0.4) is 0 Å². The molecular weight excluding hydrogens is 334 g/mol. The van der Waals surface area contributed by atoms with Crippen molar-refractivity contribution < 1.29 is 4.79 Å². The highest BCUT2D eigenvalue weighted by molar-refractivity contribution is 5.94. The van der Waals surface area contributed by atoms with Gasteiger partial charge in [0.25, 0.3) is 5.91 Å². The van der Waals surface area contributed by atoms with E-state index in [1.165, 1.54) is 5.56 Å². The molecule has 0 aliphatic carbocycles. The van der Waals surface area contributed by atoms with Gasteiger partial charge in [-0.3, -0.25) is 9.78 Å². The topological polar surface area (TPSA) is 45.2 Å². The van der Waals surface area contributed by atoms with Crippen LogP contribution in [-0.2, 0) is 12.0 Å². The lowest BCUT2D eigenvalue weighted by Crippen LogP contribution is -2.40. The normalized spacial score (nSPS) is 18.0. The molecule has 3 rings (SSSR count). The van der Waals surface area contributed by atoms with Crippen molar-refractivity contribution in [1.82, 2.24) is 15.2 Å². The van der Waals surface area contributed by atoms with Crippen LogP contribution in [0.1, 0.15) is 61.6 Å². The van der Waals surface area contributed by atoms with Crippen LogP contribution in [0.5, 0.6) is 0 Å². The van der Waals surface area contributed by atoms with Crippen molar-refractivity contribution in [1.29, 1.82) is 0 Å². The highest BCUT2D eigenvalue weighted by Gasteiger charge is 2.26. The molecular formula is C23H31N3O. The minimum Gasteiger partial charge on any atom is -0.330 e. The van der Waals surface area contributed by atoms with Gasteiger partial charge in [0.1, 0.15) is 0 Å². The number of aromatic nitrogens is 1. The van der Waals surface area contributed by atoms with E-state index >= 15 is 0 Å². The zero-order valence-corrected chi connectivity index (χ0v) is 16.7. The van der Waals surface area contributed by atoms with E-state index in [0.717, 1.165) is 43.6 Å². The van der Waals surface area contributed by atoms with Crippen molar-refractivity contribution in [3.63, 3.8) is 0 Å². The molecule has 1 unspecified atom stereocenters. The highest BCUT2D eigenvalue weighted by Crippen LogP contribution is 2.24. The van der Waals surface area contributed by atoms with E-state index in [4.69, 9.17) is 0 Å². The van der Waals surface area contributed by atoms with Crippen molar-refractivity contribution in [3.05, 3.63) is 65.5 Å². The highest BCUT2D eigenvalue weighted by atomic mass is 16.2. The second-order valence-corrected chi connectivity index (χ2v) is 8.42. The summed E-state index contributed by atoms with van der Waals surface area (Å²) >= 11 is 0. The first kappa shape index (κ1) is 19.6. The van der Waals surface area contributed by atoms with Crippen LogP contribution in [0.25, 0.3) is 0 Å². The van der Waals surface area contributed by atoms with Crippen LogP contribution in [0.4, 0.5) is 0 Å². The fraction of sp³-hybridized carbons (Fsp3) is 0.478. The summed E-state index contributed by atoms with van der Waals surface area (Å²) < 4.78 is 0. The Balaban J connectivity index is 1.85. The number of amides is 1. The molecule has 27 heavy (non-hydrogen) atoms. The van der Waals surface area contributed by atoms with E-state index in [0.29, 0.717) is 6.54 Å². The van der Waals surface area contributed by atoms with E-state index in [1.54, 1.807) is 6.20 Å². The average Bonchev–Trinajstić information content (AvgIpc) is 2.95. The maximum Gasteiger partial charge on any atom is 0.254 e. The van der Waals surface area contributed by atoms with Crippen LogP contribution in [0.15, 0.2) is 48.7 Å². The Morgan fingerprint density at radius 1 is 1.11 bits per heavy atom. The second-order valence-electron chi connectivity index (χ2n) is 8.42. The predicted octanol–water partition coefficient (Wildman–Crippen LogP) is 4.16. The van der Waals surface area contributed by atoms with Crippen LogP contribution in [0, 0.1) is 0 Å². The summed E-state index contributed by atoms with van der Waals surface area (Å²) in [6.45, 7) is 9.12. The number of nitrogens with one attached hydrogen (secondary N) is 1. The summed E-state index contributed by atoms with van der Waals surface area (Å²) in [6.07, 6.45) is 4.91. The summed E-state index contributed by atoms with van der Waals surface area (Å²) in [6, 6.07) is 14.3. The Hall–Kier alpha value is -2.20. The Labute approximate surface area is 163 Å². The molecule has 1 aliphatic heterocycles. The molecule has 1 N–H and O–H groups in total. The van der Waals surface area contributed by atoms with Gasteiger partial charge in [0.15, 0.2) is 0 Å². The molecule has 144 valence electrons. The summed E-state index contributed by atoms with van der Waals surface area (Å²) in [5.74, 6) is 0.105. The Bertz CT molecular complexity index is 726. The number of carbonyl (C=O) groups is 1. The molecule has 1 amide bonds. The fourth-order valence-electron chi connectivity index (χ4n) is 3.62. The van der Waals surface area contributed by atoms with Crippen LogP contribution < -0.4 is 5.32 Å². The quantitative estimate of drug-likeness (QED) is 0.885. The van der Waals surface area contributed by atoms with Gasteiger partial charge in [-0.15, -0.1) is 0 Å². The Morgan fingerprint density at radius 3 is 2.56 bits per heavy atom. The van der Waals surface area contributed by atoms with Gasteiger partial charge in [-0.2, -0.15) is 0 Å². The number of nitrogens with zero attached hydrogens (tertiary/aromatic N) is 2. The molecule has 2 aromatic rings. The first-order valence-corrected chi connectivity index (χ1v) is 9.97. The fourth-order valence-corrected chi connectivity index (χ4v) is 3.62. The summed E-state index contributed by atoms with van der Waals surface area (Å²) in [5.41, 5.74) is 3.03. The Morgan fingerprint density at radius 2 is 1.89 bits per heavy atom. The van der Waals surface area contributed by atoms with Crippen LogP contribution in [-0.4, -0.2) is 34.9 Å². The molecule has 1 aromatic carbocycles. The number of carbonyl (C=O) groups excluding carboxylic acids is 1. The van der Waals surface area contributed by atoms with Gasteiger partial charge in [-0.25, -0.2) is 0 Å². The maximum atomic E-state index is 13.4. The third-order valence-corrected chi connectivity index (χ3v) is 5.30. The first-order valence-electron chi connectivity index (χ1n) is 9.97. The molecule has 0 spiro atoms. The molecule has 4 nitrogen and oxygen atoms in total. The molecule has 0 saturated carbocycles. The number of hydrogen-bond donors (Lipinski definition) is 1. The van der Waals surface area contributed by atoms with Gasteiger partial charge in [-0.05, 0) is 67.6 Å². The second kappa shape index (κ2) is 8.66. The number of benzene rings is 1. The molecule has 1 fully saturated rings. The first-order chi connectivity index (χ1) is 12.9. The third-order valence-electron chi connectivity index (χ3n) is 5.30. The van der Waals surface area contributed by atoms with Crippen molar-refractivity contribution in [3.8, 4) is 0 Å². The summed E-state index contributed by atoms with van der Waals surface area (Å²) in [7, 11) is 0. The standard InChI is InChI=1S/C23H31N3O/c1-23(2,3)19-11-9-18(10-12-19)22(27)26(17-20-7-4-5-15-25-20)21-8-6-14-24-16-13-21/h4-5,7,9-12,15,21,24H,6,8,13-14,16-17H2,1-3H3. The van der Waals surface area contributed by atoms with Crippen molar-refractivity contribution in [2.75, 3.05) is 13.1 Å². The van der Waals surface area contributed by atoms with Crippen molar-refractivity contribution >= 4 is 5.91 Å². The van der Waals surface area contributed by atoms with Crippen LogP contribution in [0.2, 0.25) is 0 Å². The SMILES string of the molecule is CC(C)(C)c1ccc(C(=O)N(Cc2ccccn2)C2CCCNCC2)cc1. The molecule has 0 radical (unpaired) electrons. The van der Waals surface area contributed by atoms with Gasteiger partial charge in [0.05, 0.1) is 12.2 Å². The zero-order chi connectivity index (χ0) is 19.3. The Kier molecular flexibility index (Phi) is 6.27. The maximum absolute atomic E-state index is 13.4. The molecule has 1 atom stereocenters. The lowest BCUT2D eigenvalue weighted by molar-refractivity contribution is 0.0642. The average molecular weight is 366 g/mol. The smallest absolute Gasteiger partial charge is 0.254 e. The number of rotatable bonds is 4. The lowest BCUT2D eigenvalue weighted by Gasteiger charge is -2.31. The van der Waals surface area contributed by atoms with Gasteiger partial charge in [-0.1, -0.05) is 39.0 Å². The number of pyridine rings is 1. The lowest BCUT2D eigenvalue weighted by atomic mass is 9.86. The molecule has 1 aliphatic rings. The molecule has 1 aromatic heterocycles. The summed E-state index contributed by atoms with van der Waals surface area (Å²) in [4.78, 5) is 19.9. The van der Waals surface area contributed by atoms with Gasteiger partial charge >= 0.3 is 0 Å². The van der Waals surface area contributed by atoms with E-state index in [-0.39, 0.29) is 17.4 Å². The predicted molar refractivity (Wildman–Crippen MR) is 110 cm³/mol. The van der Waals surface area contributed by atoms with E-state index < -0.39 is 0 Å². The summed E-state index contributed by atoms with van der Waals surface area (Å²) in [5, 5.41) is 3.45. The van der Waals surface area contributed by atoms with Crippen LogP contribution >= 0.6 is 0 Å². The number of hydrogen-bond acceptors (Lipinski definition) is 3. The van der Waals surface area contributed by atoms with Gasteiger partial charge in [0, 0.05) is 17.8 Å². The largest absolute Gasteiger partial charge is 0.330 e. The van der Waals surface area contributed by atoms with E-state index in [2.05, 4.69) is 43.2 Å². The third kappa shape index (κ3) is 5.16. The van der Waals surface area contributed by atoms with Crippen molar-refractivity contribution in [2.45, 2.75) is 58.0 Å². The van der Waals surface area contributed by atoms with E-state index in [9.17, 15) is 4.79 Å². The van der Waals surface area contributed by atoms with Gasteiger partial charge < -0.3 is 10.2 Å². The molecule has 2 heterocycles. The minimum absolute atomic E-state index is 0.0855. The molecule has 4 heteroatoms. The van der Waals surface area contributed by atoms with E-state index in [1.807, 2.05) is 35.2 Å².